The Morgan fingerprint density at radius 3 is 2.00 bits per heavy atom. The Bertz CT molecular complexity index is 1410. The molecular formula is C43H64NOP. The molecule has 0 amide bonds. The maximum Gasteiger partial charge on any atom is 0.127 e. The topological polar surface area (TPSA) is 21.6 Å². The predicted octanol–water partition coefficient (Wildman–Crippen LogP) is 12.3. The third-order valence-electron chi connectivity index (χ3n) is 9.68. The van der Waals surface area contributed by atoms with Crippen LogP contribution in [0.15, 0.2) is 71.7 Å². The zero-order chi connectivity index (χ0) is 34.2. The summed E-state index contributed by atoms with van der Waals surface area (Å²) < 4.78 is 7.13. The molecule has 2 nitrogen and oxygen atoms in total. The summed E-state index contributed by atoms with van der Waals surface area (Å²) in [5.74, 6) is 1.63. The van der Waals surface area contributed by atoms with Crippen LogP contribution in [0.25, 0.3) is 0 Å². The van der Waals surface area contributed by atoms with Gasteiger partial charge < -0.3 is 4.74 Å². The van der Waals surface area contributed by atoms with Crippen molar-refractivity contribution < 1.29 is 4.74 Å². The van der Waals surface area contributed by atoms with E-state index in [2.05, 4.69) is 156 Å². The van der Waals surface area contributed by atoms with Crippen LogP contribution in [0.2, 0.25) is 0 Å². The second-order valence-electron chi connectivity index (χ2n) is 16.3. The largest absolute Gasteiger partial charge is 0.488 e. The van der Waals surface area contributed by atoms with Gasteiger partial charge in [-0.05, 0) is 72.4 Å². The standard InChI is InChI=1S/C43H64NOP/c1-13-15-22-32(3)42(10,11)36-28-35(40(4,5)6)29-37(39(36)45-31-33-23-18-17-19-24-33)43(12,27-16-14-2)46-38-26-21-20-25-34(38)30-44-41(7,8)9/h17-21,23-26,28-30,32,46H,13-16,22,27,31H2,1-12H3/b44-30+. The van der Waals surface area contributed by atoms with Crippen molar-refractivity contribution in [3.63, 3.8) is 0 Å². The minimum atomic E-state index is -0.115. The first-order valence-corrected chi connectivity index (χ1v) is 18.8. The summed E-state index contributed by atoms with van der Waals surface area (Å²) in [5.41, 5.74) is 6.41. The Kier molecular flexibility index (Phi) is 13.3. The van der Waals surface area contributed by atoms with E-state index in [1.54, 1.807) is 0 Å². The molecule has 0 saturated carbocycles. The van der Waals surface area contributed by atoms with Crippen LogP contribution in [0.1, 0.15) is 149 Å². The lowest BCUT2D eigenvalue weighted by molar-refractivity contribution is 0.266. The van der Waals surface area contributed by atoms with E-state index in [0.29, 0.717) is 21.1 Å². The molecule has 0 aliphatic rings. The summed E-state index contributed by atoms with van der Waals surface area (Å²) in [4.78, 5) is 4.92. The fraction of sp³-hybridized carbons (Fsp3) is 0.558. The van der Waals surface area contributed by atoms with Crippen molar-refractivity contribution in [1.29, 1.82) is 0 Å². The first kappa shape index (κ1) is 38.0. The maximum atomic E-state index is 7.13. The molecule has 3 heteroatoms. The van der Waals surface area contributed by atoms with Gasteiger partial charge in [-0.15, -0.1) is 0 Å². The summed E-state index contributed by atoms with van der Waals surface area (Å²) in [5, 5.41) is 1.27. The Hall–Kier alpha value is -2.44. The fourth-order valence-corrected chi connectivity index (χ4v) is 7.74. The summed E-state index contributed by atoms with van der Waals surface area (Å²) in [6.07, 6.45) is 9.23. The lowest BCUT2D eigenvalue weighted by Gasteiger charge is -2.40. The van der Waals surface area contributed by atoms with Gasteiger partial charge in [0, 0.05) is 22.5 Å². The van der Waals surface area contributed by atoms with E-state index in [4.69, 9.17) is 9.73 Å². The molecule has 0 bridgehead atoms. The normalized spacial score (nSPS) is 15.0. The van der Waals surface area contributed by atoms with E-state index in [-0.39, 0.29) is 21.5 Å². The number of ether oxygens (including phenoxy) is 1. The van der Waals surface area contributed by atoms with Gasteiger partial charge in [0.05, 0.1) is 5.54 Å². The molecule has 0 fully saturated rings. The SMILES string of the molecule is CCCCC(C)C(C)(C)c1cc(C(C)(C)C)cc(C(C)(CCCC)Pc2ccccc2/C=N/C(C)(C)C)c1OCc1ccccc1. The quantitative estimate of drug-likeness (QED) is 0.119. The average Bonchev–Trinajstić information content (AvgIpc) is 3.00. The molecule has 0 aliphatic heterocycles. The first-order valence-electron chi connectivity index (χ1n) is 17.8. The summed E-state index contributed by atoms with van der Waals surface area (Å²) in [7, 11) is 0.578. The van der Waals surface area contributed by atoms with Crippen LogP contribution < -0.4 is 10.0 Å². The highest BCUT2D eigenvalue weighted by Gasteiger charge is 2.38. The Morgan fingerprint density at radius 1 is 0.783 bits per heavy atom. The highest BCUT2D eigenvalue weighted by molar-refractivity contribution is 7.48. The smallest absolute Gasteiger partial charge is 0.127 e. The van der Waals surface area contributed by atoms with E-state index in [1.807, 2.05) is 0 Å². The van der Waals surface area contributed by atoms with Crippen molar-refractivity contribution in [2.24, 2.45) is 10.9 Å². The molecular weight excluding hydrogens is 577 g/mol. The van der Waals surface area contributed by atoms with Crippen LogP contribution in [0.3, 0.4) is 0 Å². The van der Waals surface area contributed by atoms with Gasteiger partial charge in [0.25, 0.3) is 0 Å². The minimum Gasteiger partial charge on any atom is -0.488 e. The minimum absolute atomic E-state index is 0.0102. The van der Waals surface area contributed by atoms with Crippen LogP contribution in [-0.4, -0.2) is 11.8 Å². The Labute approximate surface area is 285 Å². The lowest BCUT2D eigenvalue weighted by atomic mass is 9.69. The van der Waals surface area contributed by atoms with E-state index in [0.717, 1.165) is 12.2 Å². The van der Waals surface area contributed by atoms with Crippen molar-refractivity contribution >= 4 is 20.1 Å². The van der Waals surface area contributed by atoms with Crippen molar-refractivity contribution in [3.8, 4) is 5.75 Å². The number of aliphatic imine (C=N–C) groups is 1. The predicted molar refractivity (Wildman–Crippen MR) is 206 cm³/mol. The molecule has 3 atom stereocenters. The van der Waals surface area contributed by atoms with Gasteiger partial charge in [-0.25, -0.2) is 0 Å². The van der Waals surface area contributed by atoms with Crippen LogP contribution in [0.4, 0.5) is 0 Å². The van der Waals surface area contributed by atoms with Crippen LogP contribution in [0.5, 0.6) is 5.75 Å². The van der Waals surface area contributed by atoms with Crippen molar-refractivity contribution in [2.75, 3.05) is 0 Å². The van der Waals surface area contributed by atoms with E-state index in [1.165, 1.54) is 65.2 Å². The highest BCUT2D eigenvalue weighted by Crippen LogP contribution is 2.53. The monoisotopic (exact) mass is 641 g/mol. The van der Waals surface area contributed by atoms with Crippen LogP contribution >= 0.6 is 8.58 Å². The fourth-order valence-electron chi connectivity index (χ4n) is 6.05. The summed E-state index contributed by atoms with van der Waals surface area (Å²) >= 11 is 0. The molecule has 0 N–H and O–H groups in total. The van der Waals surface area contributed by atoms with E-state index in [9.17, 15) is 0 Å². The second kappa shape index (κ2) is 16.1. The molecule has 3 rings (SSSR count). The van der Waals surface area contributed by atoms with E-state index >= 15 is 0 Å². The number of hydrogen-bond donors (Lipinski definition) is 0. The molecule has 0 aromatic heterocycles. The van der Waals surface area contributed by atoms with Gasteiger partial charge in [0.1, 0.15) is 12.4 Å². The molecule has 0 saturated heterocycles. The molecule has 0 heterocycles. The zero-order valence-electron chi connectivity index (χ0n) is 31.3. The number of rotatable bonds is 15. The number of hydrogen-bond acceptors (Lipinski definition) is 2. The lowest BCUT2D eigenvalue weighted by Crippen LogP contribution is -2.31. The molecule has 252 valence electrons. The summed E-state index contributed by atoms with van der Waals surface area (Å²) in [6.45, 7) is 28.6. The number of benzene rings is 3. The van der Waals surface area contributed by atoms with Gasteiger partial charge in [-0.2, -0.15) is 0 Å². The van der Waals surface area contributed by atoms with Crippen molar-refractivity contribution in [2.45, 2.75) is 150 Å². The Balaban J connectivity index is 2.34. The molecule has 46 heavy (non-hydrogen) atoms. The zero-order valence-corrected chi connectivity index (χ0v) is 32.3. The maximum absolute atomic E-state index is 7.13. The third-order valence-corrected chi connectivity index (χ3v) is 11.5. The van der Waals surface area contributed by atoms with Crippen molar-refractivity contribution in [1.82, 2.24) is 0 Å². The Morgan fingerprint density at radius 2 is 1.39 bits per heavy atom. The molecule has 0 radical (unpaired) electrons. The van der Waals surface area contributed by atoms with Gasteiger partial charge in [0.15, 0.2) is 0 Å². The molecule has 3 aromatic rings. The van der Waals surface area contributed by atoms with E-state index < -0.39 is 0 Å². The van der Waals surface area contributed by atoms with Gasteiger partial charge in [0.2, 0.25) is 0 Å². The second-order valence-corrected chi connectivity index (χ2v) is 18.2. The number of nitrogens with zero attached hydrogens (tertiary/aromatic N) is 1. The number of unbranched alkanes of at least 4 members (excludes halogenated alkanes) is 2. The van der Waals surface area contributed by atoms with Gasteiger partial charge in [-0.3, -0.25) is 4.99 Å². The summed E-state index contributed by atoms with van der Waals surface area (Å²) in [6, 6.07) is 24.6. The first-order chi connectivity index (χ1) is 21.5. The van der Waals surface area contributed by atoms with Gasteiger partial charge >= 0.3 is 0 Å². The molecule has 0 spiro atoms. The average molecular weight is 642 g/mol. The molecule has 0 aliphatic carbocycles. The highest BCUT2D eigenvalue weighted by atomic mass is 31.1. The van der Waals surface area contributed by atoms with Crippen LogP contribution in [0, 0.1) is 5.92 Å². The van der Waals surface area contributed by atoms with Crippen molar-refractivity contribution in [3.05, 3.63) is 94.5 Å². The third kappa shape index (κ3) is 10.3. The van der Waals surface area contributed by atoms with Crippen LogP contribution in [-0.2, 0) is 22.6 Å². The molecule has 3 unspecified atom stereocenters. The molecule has 3 aromatic carbocycles. The van der Waals surface area contributed by atoms with Gasteiger partial charge in [-0.1, -0.05) is 163 Å².